The van der Waals surface area contributed by atoms with Gasteiger partial charge >= 0.3 is 18.1 Å². The Morgan fingerprint density at radius 3 is 2.57 bits per heavy atom. The van der Waals surface area contributed by atoms with E-state index in [0.717, 1.165) is 0 Å². The van der Waals surface area contributed by atoms with Crippen molar-refractivity contribution in [2.24, 2.45) is 0 Å². The lowest BCUT2D eigenvalue weighted by molar-refractivity contribution is -0.142. The van der Waals surface area contributed by atoms with E-state index in [4.69, 9.17) is 9.47 Å². The van der Waals surface area contributed by atoms with E-state index in [2.05, 4.69) is 10.6 Å². The second-order valence-corrected chi connectivity index (χ2v) is 7.07. The highest BCUT2D eigenvalue weighted by Gasteiger charge is 2.34. The first kappa shape index (κ1) is 17.4. The molecule has 2 heterocycles. The van der Waals surface area contributed by atoms with Gasteiger partial charge in [-0.1, -0.05) is 0 Å². The van der Waals surface area contributed by atoms with E-state index in [1.807, 2.05) is 20.8 Å². The zero-order chi connectivity index (χ0) is 17.2. The molecular formula is C15H25N3O5. The number of amides is 3. The smallest absolute Gasteiger partial charge is 0.410 e. The van der Waals surface area contributed by atoms with Crippen molar-refractivity contribution < 1.29 is 23.9 Å². The van der Waals surface area contributed by atoms with E-state index in [-0.39, 0.29) is 18.2 Å². The topological polar surface area (TPSA) is 97.0 Å². The molecule has 0 spiro atoms. The van der Waals surface area contributed by atoms with Crippen LogP contribution in [0.3, 0.4) is 0 Å². The Bertz CT molecular complexity index is 488. The molecule has 8 heteroatoms. The molecule has 0 bridgehead atoms. The molecule has 2 aliphatic heterocycles. The number of nitrogens with zero attached hydrogens (tertiary/aromatic N) is 1. The van der Waals surface area contributed by atoms with Gasteiger partial charge in [0.25, 0.3) is 0 Å². The second-order valence-electron chi connectivity index (χ2n) is 7.07. The zero-order valence-electron chi connectivity index (χ0n) is 14.0. The Morgan fingerprint density at radius 1 is 1.30 bits per heavy atom. The van der Waals surface area contributed by atoms with Crippen molar-refractivity contribution in [1.82, 2.24) is 15.5 Å². The van der Waals surface area contributed by atoms with E-state index < -0.39 is 23.6 Å². The molecule has 2 aliphatic rings. The molecule has 3 unspecified atom stereocenters. The number of ether oxygens (including phenoxy) is 2. The molecule has 0 saturated carbocycles. The third-order valence-corrected chi connectivity index (χ3v) is 3.65. The van der Waals surface area contributed by atoms with Crippen molar-refractivity contribution in [3.05, 3.63) is 0 Å². The van der Waals surface area contributed by atoms with Crippen molar-refractivity contribution in [1.29, 1.82) is 0 Å². The molecule has 130 valence electrons. The minimum atomic E-state index is -0.603. The molecule has 0 aliphatic carbocycles. The van der Waals surface area contributed by atoms with E-state index >= 15 is 0 Å². The predicted molar refractivity (Wildman–Crippen MR) is 81.8 cm³/mol. The maximum Gasteiger partial charge on any atom is 0.410 e. The monoisotopic (exact) mass is 327 g/mol. The quantitative estimate of drug-likeness (QED) is 0.738. The number of nitrogens with one attached hydrogen (secondary N) is 2. The largest absolute Gasteiger partial charge is 0.461 e. The van der Waals surface area contributed by atoms with Crippen molar-refractivity contribution in [3.8, 4) is 0 Å². The highest BCUT2D eigenvalue weighted by Crippen LogP contribution is 2.16. The van der Waals surface area contributed by atoms with Crippen LogP contribution in [0.2, 0.25) is 0 Å². The van der Waals surface area contributed by atoms with Gasteiger partial charge in [0.05, 0.1) is 0 Å². The van der Waals surface area contributed by atoms with Crippen LogP contribution in [0.4, 0.5) is 9.59 Å². The van der Waals surface area contributed by atoms with Gasteiger partial charge in [-0.2, -0.15) is 0 Å². The predicted octanol–water partition coefficient (Wildman–Crippen LogP) is 0.999. The molecule has 0 aromatic heterocycles. The molecule has 0 radical (unpaired) electrons. The Balaban J connectivity index is 1.76. The van der Waals surface area contributed by atoms with Crippen molar-refractivity contribution in [2.45, 2.75) is 64.3 Å². The first-order chi connectivity index (χ1) is 10.6. The number of hydrogen-bond acceptors (Lipinski definition) is 5. The van der Waals surface area contributed by atoms with Crippen LogP contribution in [0, 0.1) is 0 Å². The average molecular weight is 327 g/mol. The van der Waals surface area contributed by atoms with Crippen LogP contribution >= 0.6 is 0 Å². The molecule has 8 nitrogen and oxygen atoms in total. The maximum absolute atomic E-state index is 12.0. The first-order valence-corrected chi connectivity index (χ1v) is 7.89. The van der Waals surface area contributed by atoms with Crippen LogP contribution < -0.4 is 10.6 Å². The lowest BCUT2D eigenvalue weighted by Gasteiger charge is -2.24. The lowest BCUT2D eigenvalue weighted by Crippen LogP contribution is -2.48. The third-order valence-electron chi connectivity index (χ3n) is 3.65. The van der Waals surface area contributed by atoms with Crippen LogP contribution in [0.25, 0.3) is 0 Å². The summed E-state index contributed by atoms with van der Waals surface area (Å²) in [4.78, 5) is 37.0. The molecule has 3 atom stereocenters. The Morgan fingerprint density at radius 2 is 2.00 bits per heavy atom. The first-order valence-electron chi connectivity index (χ1n) is 7.89. The summed E-state index contributed by atoms with van der Waals surface area (Å²) in [7, 11) is 0. The zero-order valence-corrected chi connectivity index (χ0v) is 14.0. The standard InChI is InChI=1S/C15H25N3O5/c1-9-7-11(12(19)22-9)17-13(20)16-10-5-6-18(8-10)14(21)23-15(2,3)4/h9-11H,5-8H2,1-4H3,(H2,16,17,20). The molecular weight excluding hydrogens is 302 g/mol. The van der Waals surface area contributed by atoms with Gasteiger partial charge in [0.2, 0.25) is 0 Å². The van der Waals surface area contributed by atoms with E-state index in [1.54, 1.807) is 11.8 Å². The summed E-state index contributed by atoms with van der Waals surface area (Å²) in [6.07, 6.45) is 0.566. The number of urea groups is 1. The molecule has 2 fully saturated rings. The molecule has 0 aromatic carbocycles. The van der Waals surface area contributed by atoms with Gasteiger partial charge < -0.3 is 25.0 Å². The molecule has 2 N–H and O–H groups in total. The van der Waals surface area contributed by atoms with Crippen LogP contribution in [-0.4, -0.2) is 59.9 Å². The number of esters is 1. The van der Waals surface area contributed by atoms with Crippen molar-refractivity contribution >= 4 is 18.1 Å². The minimum absolute atomic E-state index is 0.155. The number of hydrogen-bond donors (Lipinski definition) is 2. The minimum Gasteiger partial charge on any atom is -0.461 e. The Hall–Kier alpha value is -1.99. The number of rotatable bonds is 2. The van der Waals surface area contributed by atoms with Crippen molar-refractivity contribution in [2.75, 3.05) is 13.1 Å². The fourth-order valence-corrected chi connectivity index (χ4v) is 2.63. The molecule has 3 amide bonds. The van der Waals surface area contributed by atoms with Gasteiger partial charge in [0.1, 0.15) is 17.7 Å². The normalized spacial score (nSPS) is 27.6. The number of cyclic esters (lactones) is 1. The highest BCUT2D eigenvalue weighted by molar-refractivity contribution is 5.85. The van der Waals surface area contributed by atoms with Gasteiger partial charge in [0.15, 0.2) is 0 Å². The maximum atomic E-state index is 12.0. The van der Waals surface area contributed by atoms with Gasteiger partial charge in [-0.25, -0.2) is 14.4 Å². The molecule has 2 saturated heterocycles. The lowest BCUT2D eigenvalue weighted by atomic mass is 10.2. The Kier molecular flexibility index (Phi) is 5.01. The summed E-state index contributed by atoms with van der Waals surface area (Å²) in [5, 5.41) is 5.39. The van der Waals surface area contributed by atoms with Crippen LogP contribution in [0.15, 0.2) is 0 Å². The van der Waals surface area contributed by atoms with Crippen LogP contribution in [0.5, 0.6) is 0 Å². The Labute approximate surface area is 135 Å². The van der Waals surface area contributed by atoms with Gasteiger partial charge in [0, 0.05) is 25.6 Å². The fraction of sp³-hybridized carbons (Fsp3) is 0.800. The van der Waals surface area contributed by atoms with Crippen molar-refractivity contribution in [3.63, 3.8) is 0 Å². The number of carbonyl (C=O) groups excluding carboxylic acids is 3. The summed E-state index contributed by atoms with van der Waals surface area (Å²) < 4.78 is 10.3. The third kappa shape index (κ3) is 5.01. The second kappa shape index (κ2) is 6.64. The van der Waals surface area contributed by atoms with Gasteiger partial charge in [-0.3, -0.25) is 0 Å². The number of carbonyl (C=O) groups is 3. The summed E-state index contributed by atoms with van der Waals surface area (Å²) in [6, 6.07) is -1.18. The molecule has 0 aromatic rings. The van der Waals surface area contributed by atoms with E-state index in [1.165, 1.54) is 0 Å². The van der Waals surface area contributed by atoms with Gasteiger partial charge in [-0.15, -0.1) is 0 Å². The fourth-order valence-electron chi connectivity index (χ4n) is 2.63. The summed E-state index contributed by atoms with van der Waals surface area (Å²) in [5.74, 6) is -0.408. The van der Waals surface area contributed by atoms with E-state index in [9.17, 15) is 14.4 Å². The van der Waals surface area contributed by atoms with E-state index in [0.29, 0.717) is 25.9 Å². The molecule has 2 rings (SSSR count). The molecule has 23 heavy (non-hydrogen) atoms. The SMILES string of the molecule is CC1CC(NC(=O)NC2CCN(C(=O)OC(C)(C)C)C2)C(=O)O1. The van der Waals surface area contributed by atoms with Crippen LogP contribution in [-0.2, 0) is 14.3 Å². The van der Waals surface area contributed by atoms with Crippen LogP contribution in [0.1, 0.15) is 40.5 Å². The van der Waals surface area contributed by atoms with Gasteiger partial charge in [-0.05, 0) is 34.1 Å². The number of likely N-dealkylation sites (tertiary alicyclic amines) is 1. The highest BCUT2D eigenvalue weighted by atomic mass is 16.6. The summed E-state index contributed by atoms with van der Waals surface area (Å²) >= 11 is 0. The summed E-state index contributed by atoms with van der Waals surface area (Å²) in [6.45, 7) is 8.15. The summed E-state index contributed by atoms with van der Waals surface area (Å²) in [5.41, 5.74) is -0.542. The average Bonchev–Trinajstić information content (AvgIpc) is 2.95.